The highest BCUT2D eigenvalue weighted by molar-refractivity contribution is 5.42. The van der Waals surface area contributed by atoms with Crippen molar-refractivity contribution in [2.45, 2.75) is 32.2 Å². The predicted molar refractivity (Wildman–Crippen MR) is 66.2 cm³/mol. The van der Waals surface area contributed by atoms with Crippen LogP contribution in [0.15, 0.2) is 18.2 Å². The molecule has 0 radical (unpaired) electrons. The molecule has 0 fully saturated rings. The summed E-state index contributed by atoms with van der Waals surface area (Å²) in [6, 6.07) is 6.11. The van der Waals surface area contributed by atoms with Crippen LogP contribution in [0.2, 0.25) is 0 Å². The summed E-state index contributed by atoms with van der Waals surface area (Å²) < 4.78 is 10.5. The molecule has 0 saturated carbocycles. The van der Waals surface area contributed by atoms with Gasteiger partial charge in [-0.15, -0.1) is 0 Å². The van der Waals surface area contributed by atoms with Gasteiger partial charge in [0.1, 0.15) is 11.5 Å². The lowest BCUT2D eigenvalue weighted by Gasteiger charge is -2.18. The number of hydrogen-bond donors (Lipinski definition) is 1. The molecule has 0 saturated heterocycles. The lowest BCUT2D eigenvalue weighted by Crippen LogP contribution is -2.17. The van der Waals surface area contributed by atoms with Crippen molar-refractivity contribution in [3.05, 3.63) is 23.8 Å². The highest BCUT2D eigenvalue weighted by Gasteiger charge is 2.13. The average molecular weight is 223 g/mol. The summed E-state index contributed by atoms with van der Waals surface area (Å²) in [4.78, 5) is 0. The molecule has 0 aliphatic rings. The van der Waals surface area contributed by atoms with Crippen LogP contribution in [0.3, 0.4) is 0 Å². The molecule has 0 bridgehead atoms. The van der Waals surface area contributed by atoms with E-state index in [9.17, 15) is 0 Å². The number of ether oxygens (including phenoxy) is 2. The van der Waals surface area contributed by atoms with Crippen LogP contribution in [0.4, 0.5) is 0 Å². The van der Waals surface area contributed by atoms with Crippen LogP contribution in [-0.2, 0) is 0 Å². The van der Waals surface area contributed by atoms with E-state index >= 15 is 0 Å². The van der Waals surface area contributed by atoms with Gasteiger partial charge in [0.15, 0.2) is 0 Å². The Morgan fingerprint density at radius 1 is 1.19 bits per heavy atom. The van der Waals surface area contributed by atoms with Gasteiger partial charge >= 0.3 is 0 Å². The van der Waals surface area contributed by atoms with E-state index in [2.05, 4.69) is 6.92 Å². The fourth-order valence-electron chi connectivity index (χ4n) is 1.91. The molecule has 0 amide bonds. The van der Waals surface area contributed by atoms with Crippen LogP contribution in [0.1, 0.15) is 31.7 Å². The van der Waals surface area contributed by atoms with Gasteiger partial charge in [-0.25, -0.2) is 0 Å². The van der Waals surface area contributed by atoms with E-state index in [0.717, 1.165) is 17.9 Å². The Morgan fingerprint density at radius 2 is 1.88 bits per heavy atom. The van der Waals surface area contributed by atoms with Gasteiger partial charge in [0.05, 0.1) is 14.2 Å². The second-order valence-electron chi connectivity index (χ2n) is 4.22. The Balaban J connectivity index is 2.94. The second-order valence-corrected chi connectivity index (χ2v) is 4.22. The molecule has 0 spiro atoms. The monoisotopic (exact) mass is 223 g/mol. The van der Waals surface area contributed by atoms with Crippen LogP contribution in [0.5, 0.6) is 11.5 Å². The lowest BCUT2D eigenvalue weighted by atomic mass is 9.94. The molecule has 0 aromatic heterocycles. The zero-order valence-corrected chi connectivity index (χ0v) is 10.5. The molecule has 2 N–H and O–H groups in total. The number of methoxy groups -OCH3 is 2. The summed E-state index contributed by atoms with van der Waals surface area (Å²) in [7, 11) is 3.33. The molecule has 16 heavy (non-hydrogen) atoms. The van der Waals surface area contributed by atoms with Crippen LogP contribution < -0.4 is 15.2 Å². The molecule has 3 nitrogen and oxygen atoms in total. The standard InChI is InChI=1S/C13H21NO2/c1-9(7-10(2)14)12-6-5-11(15-3)8-13(12)16-4/h5-6,8-10H,7,14H2,1-4H3. The summed E-state index contributed by atoms with van der Waals surface area (Å²) in [5.41, 5.74) is 6.99. The Morgan fingerprint density at radius 3 is 2.38 bits per heavy atom. The number of rotatable bonds is 5. The first kappa shape index (κ1) is 12.8. The van der Waals surface area contributed by atoms with E-state index < -0.39 is 0 Å². The van der Waals surface area contributed by atoms with Crippen molar-refractivity contribution < 1.29 is 9.47 Å². The van der Waals surface area contributed by atoms with E-state index in [1.165, 1.54) is 5.56 Å². The molecule has 1 aromatic carbocycles. The Hall–Kier alpha value is -1.22. The summed E-state index contributed by atoms with van der Waals surface area (Å²) in [6.45, 7) is 4.18. The zero-order chi connectivity index (χ0) is 12.1. The second kappa shape index (κ2) is 5.75. The molecule has 1 aromatic rings. The Labute approximate surface area is 97.6 Å². The van der Waals surface area contributed by atoms with Gasteiger partial charge in [-0.05, 0) is 30.9 Å². The SMILES string of the molecule is COc1ccc(C(C)CC(C)N)c(OC)c1. The first-order valence-corrected chi connectivity index (χ1v) is 5.56. The minimum atomic E-state index is 0.196. The largest absolute Gasteiger partial charge is 0.497 e. The van der Waals surface area contributed by atoms with E-state index in [1.54, 1.807) is 14.2 Å². The molecule has 2 unspecified atom stereocenters. The van der Waals surface area contributed by atoms with Crippen molar-refractivity contribution in [3.8, 4) is 11.5 Å². The van der Waals surface area contributed by atoms with Gasteiger partial charge in [0.25, 0.3) is 0 Å². The van der Waals surface area contributed by atoms with Gasteiger partial charge in [-0.2, -0.15) is 0 Å². The number of hydrogen-bond acceptors (Lipinski definition) is 3. The Bertz CT molecular complexity index is 337. The predicted octanol–water partition coefficient (Wildman–Crippen LogP) is 2.54. The van der Waals surface area contributed by atoms with Crippen molar-refractivity contribution in [1.82, 2.24) is 0 Å². The topological polar surface area (TPSA) is 44.5 Å². The summed E-state index contributed by atoms with van der Waals surface area (Å²) in [6.07, 6.45) is 0.947. The van der Waals surface area contributed by atoms with Gasteiger partial charge in [-0.3, -0.25) is 0 Å². The fraction of sp³-hybridized carbons (Fsp3) is 0.538. The molecule has 1 rings (SSSR count). The zero-order valence-electron chi connectivity index (χ0n) is 10.5. The average Bonchev–Trinajstić information content (AvgIpc) is 2.27. The van der Waals surface area contributed by atoms with Crippen LogP contribution in [-0.4, -0.2) is 20.3 Å². The first-order valence-electron chi connectivity index (χ1n) is 5.56. The molecule has 2 atom stereocenters. The van der Waals surface area contributed by atoms with E-state index in [0.29, 0.717) is 5.92 Å². The quantitative estimate of drug-likeness (QED) is 0.834. The number of nitrogens with two attached hydrogens (primary N) is 1. The molecular weight excluding hydrogens is 202 g/mol. The fourth-order valence-corrected chi connectivity index (χ4v) is 1.91. The van der Waals surface area contributed by atoms with Gasteiger partial charge in [0, 0.05) is 12.1 Å². The molecule has 3 heteroatoms. The van der Waals surface area contributed by atoms with Crippen molar-refractivity contribution in [2.75, 3.05) is 14.2 Å². The third kappa shape index (κ3) is 3.14. The highest BCUT2D eigenvalue weighted by Crippen LogP contribution is 2.32. The third-order valence-electron chi connectivity index (χ3n) is 2.70. The first-order chi connectivity index (χ1) is 7.58. The van der Waals surface area contributed by atoms with Crippen LogP contribution >= 0.6 is 0 Å². The maximum atomic E-state index is 5.81. The maximum Gasteiger partial charge on any atom is 0.126 e. The lowest BCUT2D eigenvalue weighted by molar-refractivity contribution is 0.387. The summed E-state index contributed by atoms with van der Waals surface area (Å²) in [5.74, 6) is 2.07. The van der Waals surface area contributed by atoms with Crippen molar-refractivity contribution in [2.24, 2.45) is 5.73 Å². The summed E-state index contributed by atoms with van der Waals surface area (Å²) in [5, 5.41) is 0. The van der Waals surface area contributed by atoms with Crippen LogP contribution in [0.25, 0.3) is 0 Å². The highest BCUT2D eigenvalue weighted by atomic mass is 16.5. The molecule has 0 aliphatic carbocycles. The van der Waals surface area contributed by atoms with Crippen LogP contribution in [0, 0.1) is 0 Å². The third-order valence-corrected chi connectivity index (χ3v) is 2.70. The number of benzene rings is 1. The normalized spacial score (nSPS) is 14.3. The van der Waals surface area contributed by atoms with Crippen molar-refractivity contribution in [1.29, 1.82) is 0 Å². The van der Waals surface area contributed by atoms with Crippen molar-refractivity contribution >= 4 is 0 Å². The molecule has 90 valence electrons. The summed E-state index contributed by atoms with van der Waals surface area (Å²) >= 11 is 0. The minimum absolute atomic E-state index is 0.196. The smallest absolute Gasteiger partial charge is 0.126 e. The van der Waals surface area contributed by atoms with Gasteiger partial charge in [0.2, 0.25) is 0 Å². The van der Waals surface area contributed by atoms with Crippen molar-refractivity contribution in [3.63, 3.8) is 0 Å². The molecule has 0 aliphatic heterocycles. The maximum absolute atomic E-state index is 5.81. The van der Waals surface area contributed by atoms with Gasteiger partial charge < -0.3 is 15.2 Å². The Kier molecular flexibility index (Phi) is 4.62. The van der Waals surface area contributed by atoms with Gasteiger partial charge in [-0.1, -0.05) is 13.0 Å². The minimum Gasteiger partial charge on any atom is -0.497 e. The van der Waals surface area contributed by atoms with E-state index in [-0.39, 0.29) is 6.04 Å². The van der Waals surface area contributed by atoms with E-state index in [4.69, 9.17) is 15.2 Å². The molecule has 0 heterocycles. The van der Waals surface area contributed by atoms with E-state index in [1.807, 2.05) is 25.1 Å². The molecular formula is C13H21NO2.